The third-order valence-electron chi connectivity index (χ3n) is 3.59. The first-order chi connectivity index (χ1) is 12.5. The molecule has 1 aromatic rings. The van der Waals surface area contributed by atoms with Crippen LogP contribution < -0.4 is 10.6 Å². The van der Waals surface area contributed by atoms with Gasteiger partial charge in [0.15, 0.2) is 5.82 Å². The maximum atomic E-state index is 12.9. The normalized spacial score (nSPS) is 16.3. The number of allylic oxidation sites excluding steroid dienone is 2. The zero-order valence-electron chi connectivity index (χ0n) is 14.3. The Morgan fingerprint density at radius 1 is 1.30 bits per heavy atom. The first-order valence-corrected chi connectivity index (χ1v) is 8.59. The second-order valence-corrected chi connectivity index (χ2v) is 6.63. The Morgan fingerprint density at radius 2 is 1.96 bits per heavy atom. The lowest BCUT2D eigenvalue weighted by Crippen LogP contribution is -2.31. The number of aliphatic imine (C=N–C) groups is 1. The van der Waals surface area contributed by atoms with Crippen LogP contribution in [0.3, 0.4) is 0 Å². The van der Waals surface area contributed by atoms with Gasteiger partial charge in [-0.05, 0) is 13.0 Å². The van der Waals surface area contributed by atoms with E-state index >= 15 is 0 Å². The van der Waals surface area contributed by atoms with Crippen LogP contribution >= 0.6 is 11.8 Å². The molecule has 0 radical (unpaired) electrons. The number of hydrogen-bond donors (Lipinski definition) is 1. The molecule has 0 spiro atoms. The molecule has 0 saturated carbocycles. The zero-order chi connectivity index (χ0) is 20.4. The minimum atomic E-state index is -4.58. The number of nitrogens with two attached hydrogens (primary N) is 1. The molecule has 0 atom stereocenters. The quantitative estimate of drug-likeness (QED) is 0.579. The van der Waals surface area contributed by atoms with Gasteiger partial charge in [0, 0.05) is 29.9 Å². The highest BCUT2D eigenvalue weighted by molar-refractivity contribution is 8.03. The van der Waals surface area contributed by atoms with Gasteiger partial charge in [-0.3, -0.25) is 0 Å². The van der Waals surface area contributed by atoms with Crippen molar-refractivity contribution in [2.45, 2.75) is 19.3 Å². The second-order valence-electron chi connectivity index (χ2n) is 5.62. The molecule has 0 unspecified atom stereocenters. The van der Waals surface area contributed by atoms with Crippen molar-refractivity contribution in [2.75, 3.05) is 24.2 Å². The van der Waals surface area contributed by atoms with E-state index in [-0.39, 0.29) is 23.0 Å². The van der Waals surface area contributed by atoms with E-state index < -0.39 is 23.7 Å². The first-order valence-electron chi connectivity index (χ1n) is 7.60. The molecule has 148 valence electrons. The topological polar surface area (TPSA) is 54.5 Å². The van der Waals surface area contributed by atoms with Gasteiger partial charge < -0.3 is 10.6 Å². The average molecular weight is 410 g/mol. The summed E-state index contributed by atoms with van der Waals surface area (Å²) in [5.41, 5.74) is 5.15. The van der Waals surface area contributed by atoms with Gasteiger partial charge in [-0.15, -0.1) is 11.8 Å². The van der Waals surface area contributed by atoms with Crippen LogP contribution in [0.2, 0.25) is 0 Å². The Hall–Kier alpha value is -2.17. The molecule has 1 aliphatic rings. The molecule has 0 aliphatic carbocycles. The third kappa shape index (κ3) is 5.18. The highest BCUT2D eigenvalue weighted by Gasteiger charge is 2.33. The van der Waals surface area contributed by atoms with Gasteiger partial charge in [0.05, 0.1) is 23.6 Å². The van der Waals surface area contributed by atoms with Gasteiger partial charge in [-0.1, -0.05) is 6.08 Å². The number of hydrogen-bond acceptors (Lipinski definition) is 5. The fourth-order valence-corrected chi connectivity index (χ4v) is 3.24. The number of fused-ring (bicyclic) bond motifs is 1. The van der Waals surface area contributed by atoms with Crippen molar-refractivity contribution in [3.8, 4) is 0 Å². The summed E-state index contributed by atoms with van der Waals surface area (Å²) in [6.07, 6.45) is -5.69. The predicted octanol–water partition coefficient (Wildman–Crippen LogP) is 4.66. The van der Waals surface area contributed by atoms with Crippen LogP contribution in [-0.2, 0) is 6.18 Å². The second kappa shape index (κ2) is 7.83. The van der Waals surface area contributed by atoms with E-state index in [0.29, 0.717) is 23.0 Å². The lowest BCUT2D eigenvalue weighted by atomic mass is 10.1. The first kappa shape index (κ1) is 21.1. The minimum Gasteiger partial charge on any atom is -0.404 e. The van der Waals surface area contributed by atoms with E-state index in [4.69, 9.17) is 5.73 Å². The van der Waals surface area contributed by atoms with Crippen molar-refractivity contribution in [3.05, 3.63) is 40.6 Å². The predicted molar refractivity (Wildman–Crippen MR) is 94.1 cm³/mol. The molecule has 4 nitrogen and oxygen atoms in total. The van der Waals surface area contributed by atoms with E-state index in [1.807, 2.05) is 0 Å². The molecule has 2 N–H and O–H groups in total. The third-order valence-corrected chi connectivity index (χ3v) is 4.72. The summed E-state index contributed by atoms with van der Waals surface area (Å²) < 4.78 is 76.3. The van der Waals surface area contributed by atoms with Crippen LogP contribution in [0.5, 0.6) is 0 Å². The summed E-state index contributed by atoms with van der Waals surface area (Å²) in [4.78, 5) is 9.73. The largest absolute Gasteiger partial charge is 0.417 e. The molecule has 0 amide bonds. The molecule has 2 heterocycles. The van der Waals surface area contributed by atoms with Gasteiger partial charge in [0.1, 0.15) is 5.69 Å². The number of halogens is 6. The average Bonchev–Trinajstić information content (AvgIpc) is 2.56. The Bertz CT molecular complexity index is 795. The van der Waals surface area contributed by atoms with Gasteiger partial charge in [0.25, 0.3) is 0 Å². The molecule has 0 fully saturated rings. The van der Waals surface area contributed by atoms with E-state index in [9.17, 15) is 26.3 Å². The summed E-state index contributed by atoms with van der Waals surface area (Å²) in [6.45, 7) is 1.75. The fourth-order valence-electron chi connectivity index (χ4n) is 2.43. The lowest BCUT2D eigenvalue weighted by molar-refractivity contribution is -0.137. The number of rotatable bonds is 4. The van der Waals surface area contributed by atoms with Crippen molar-refractivity contribution in [1.82, 2.24) is 4.98 Å². The van der Waals surface area contributed by atoms with E-state index in [0.717, 1.165) is 18.5 Å². The highest BCUT2D eigenvalue weighted by Crippen LogP contribution is 2.38. The summed E-state index contributed by atoms with van der Waals surface area (Å²) in [6, 6.07) is 0.861. The lowest BCUT2D eigenvalue weighted by Gasteiger charge is -2.27. The fraction of sp³-hybridized carbons (Fsp3) is 0.375. The number of aromatic nitrogens is 1. The van der Waals surface area contributed by atoms with Crippen LogP contribution in [-0.4, -0.2) is 36.2 Å². The summed E-state index contributed by atoms with van der Waals surface area (Å²) in [5.74, 6) is -0.893. The molecule has 0 bridgehead atoms. The Labute approximate surface area is 155 Å². The van der Waals surface area contributed by atoms with Crippen molar-refractivity contribution < 1.29 is 26.3 Å². The summed E-state index contributed by atoms with van der Waals surface area (Å²) in [5, 5.41) is 0. The van der Waals surface area contributed by atoms with Crippen LogP contribution in [0.25, 0.3) is 0 Å². The van der Waals surface area contributed by atoms with Crippen molar-refractivity contribution in [1.29, 1.82) is 0 Å². The van der Waals surface area contributed by atoms with E-state index in [1.54, 1.807) is 18.9 Å². The number of alkyl halides is 6. The highest BCUT2D eigenvalue weighted by atomic mass is 32.2. The number of nitrogens with zero attached hydrogens (tertiary/aromatic N) is 3. The van der Waals surface area contributed by atoms with Crippen molar-refractivity contribution in [2.24, 2.45) is 10.7 Å². The molecule has 2 rings (SSSR count). The van der Waals surface area contributed by atoms with Crippen LogP contribution in [0.1, 0.15) is 12.5 Å². The van der Waals surface area contributed by atoms with Crippen LogP contribution in [0.4, 0.5) is 37.8 Å². The van der Waals surface area contributed by atoms with E-state index in [1.165, 1.54) is 6.08 Å². The summed E-state index contributed by atoms with van der Waals surface area (Å²) in [7, 11) is 1.61. The Balaban J connectivity index is 2.41. The molecule has 0 saturated heterocycles. The van der Waals surface area contributed by atoms with Gasteiger partial charge in [0.2, 0.25) is 0 Å². The molecule has 1 aliphatic heterocycles. The van der Waals surface area contributed by atoms with Gasteiger partial charge >= 0.3 is 12.4 Å². The maximum absolute atomic E-state index is 12.9. The number of thioether (sulfide) groups is 1. The Kier molecular flexibility index (Phi) is 6.13. The monoisotopic (exact) mass is 410 g/mol. The van der Waals surface area contributed by atoms with Gasteiger partial charge in [-0.25, -0.2) is 9.98 Å². The van der Waals surface area contributed by atoms with Crippen molar-refractivity contribution in [3.63, 3.8) is 0 Å². The maximum Gasteiger partial charge on any atom is 0.417 e. The molecular formula is C16H16F6N4S. The minimum absolute atomic E-state index is 0.00915. The SMILES string of the molecule is C/C=C(C1=Nc2cc(C(F)(F)F)cnc2N(C)C1)\C(=C/N)SCC(F)(F)F. The number of anilines is 1. The zero-order valence-corrected chi connectivity index (χ0v) is 15.1. The van der Waals surface area contributed by atoms with E-state index in [2.05, 4.69) is 9.98 Å². The van der Waals surface area contributed by atoms with Crippen LogP contribution in [0, 0.1) is 0 Å². The summed E-state index contributed by atoms with van der Waals surface area (Å²) >= 11 is 0.493. The molecule has 1 aromatic heterocycles. The number of pyridine rings is 1. The van der Waals surface area contributed by atoms with Gasteiger partial charge in [-0.2, -0.15) is 26.3 Å². The molecule has 27 heavy (non-hydrogen) atoms. The Morgan fingerprint density at radius 3 is 2.48 bits per heavy atom. The van der Waals surface area contributed by atoms with Crippen molar-refractivity contribution >= 4 is 29.0 Å². The molecule has 11 heteroatoms. The van der Waals surface area contributed by atoms with Crippen LogP contribution in [0.15, 0.2) is 40.0 Å². The molecular weight excluding hydrogens is 394 g/mol. The smallest absolute Gasteiger partial charge is 0.404 e. The molecule has 0 aromatic carbocycles. The standard InChI is InChI=1S/C16H16F6N4S/c1-3-10(13(5-23)27-8-15(17,18)19)12-7-26(2)14-11(25-12)4-9(6-24-14)16(20,21)22/h3-6H,7-8,23H2,1-2H3/b10-3-,13-5+.